The summed E-state index contributed by atoms with van der Waals surface area (Å²) in [7, 11) is 1.82. The number of carbonyl (C=O) groups excluding carboxylic acids is 1. The van der Waals surface area contributed by atoms with E-state index in [1.54, 1.807) is 4.90 Å². The molecule has 2 nitrogen and oxygen atoms in total. The van der Waals surface area contributed by atoms with E-state index < -0.39 is 0 Å². The van der Waals surface area contributed by atoms with Crippen LogP contribution in [-0.4, -0.2) is 13.0 Å². The van der Waals surface area contributed by atoms with Gasteiger partial charge in [-0.05, 0) is 24.6 Å². The van der Waals surface area contributed by atoms with Crippen molar-refractivity contribution >= 4 is 27.5 Å². The van der Waals surface area contributed by atoms with Crippen molar-refractivity contribution in [3.05, 3.63) is 28.2 Å². The summed E-state index contributed by atoms with van der Waals surface area (Å²) in [5.41, 5.74) is 2.14. The fourth-order valence-corrected chi connectivity index (χ4v) is 2.06. The van der Waals surface area contributed by atoms with Crippen molar-refractivity contribution in [2.75, 3.05) is 11.9 Å². The van der Waals surface area contributed by atoms with Crippen molar-refractivity contribution in [2.24, 2.45) is 0 Å². The fourth-order valence-electron chi connectivity index (χ4n) is 1.72. The maximum absolute atomic E-state index is 11.6. The number of fused-ring (bicyclic) bond motifs is 1. The van der Waals surface area contributed by atoms with Crippen molar-refractivity contribution in [2.45, 2.75) is 12.8 Å². The molecule has 0 aromatic heterocycles. The number of benzene rings is 1. The van der Waals surface area contributed by atoms with Gasteiger partial charge >= 0.3 is 0 Å². The van der Waals surface area contributed by atoms with Crippen LogP contribution in [0.3, 0.4) is 0 Å². The van der Waals surface area contributed by atoms with Crippen molar-refractivity contribution in [3.8, 4) is 0 Å². The lowest BCUT2D eigenvalue weighted by Crippen LogP contribution is -2.22. The SMILES string of the molecule is CC1C(=O)N(C)c2cc(Br)ccc21. The summed E-state index contributed by atoms with van der Waals surface area (Å²) < 4.78 is 1.01. The van der Waals surface area contributed by atoms with Gasteiger partial charge in [-0.3, -0.25) is 4.79 Å². The quantitative estimate of drug-likeness (QED) is 0.682. The van der Waals surface area contributed by atoms with Crippen LogP contribution in [0.2, 0.25) is 0 Å². The lowest BCUT2D eigenvalue weighted by Gasteiger charge is -2.09. The molecular formula is C10H10BrNO. The number of likely N-dealkylation sites (N-methyl/N-ethyl adjacent to an activating group) is 1. The summed E-state index contributed by atoms with van der Waals surface area (Å²) in [6, 6.07) is 5.96. The number of hydrogen-bond acceptors (Lipinski definition) is 1. The van der Waals surface area contributed by atoms with Gasteiger partial charge in [0.05, 0.1) is 5.92 Å². The number of nitrogens with zero attached hydrogens (tertiary/aromatic N) is 1. The largest absolute Gasteiger partial charge is 0.315 e. The van der Waals surface area contributed by atoms with E-state index >= 15 is 0 Å². The average Bonchev–Trinajstić information content (AvgIpc) is 2.32. The lowest BCUT2D eigenvalue weighted by molar-refractivity contribution is -0.118. The van der Waals surface area contributed by atoms with Crippen LogP contribution in [0.25, 0.3) is 0 Å². The van der Waals surface area contributed by atoms with E-state index in [1.165, 1.54) is 0 Å². The Bertz CT molecular complexity index is 375. The van der Waals surface area contributed by atoms with Gasteiger partial charge in [-0.15, -0.1) is 0 Å². The van der Waals surface area contributed by atoms with Crippen molar-refractivity contribution in [1.29, 1.82) is 0 Å². The third-order valence-corrected chi connectivity index (χ3v) is 3.01. The number of halogens is 1. The molecule has 68 valence electrons. The molecule has 0 radical (unpaired) electrons. The number of anilines is 1. The topological polar surface area (TPSA) is 20.3 Å². The summed E-state index contributed by atoms with van der Waals surface area (Å²) in [6.45, 7) is 1.94. The van der Waals surface area contributed by atoms with Gasteiger partial charge in [0.15, 0.2) is 0 Å². The first-order chi connectivity index (χ1) is 6.11. The second-order valence-electron chi connectivity index (χ2n) is 3.32. The molecule has 1 aromatic carbocycles. The molecular weight excluding hydrogens is 230 g/mol. The van der Waals surface area contributed by atoms with Crippen molar-refractivity contribution < 1.29 is 4.79 Å². The average molecular weight is 240 g/mol. The molecule has 2 rings (SSSR count). The number of carbonyl (C=O) groups is 1. The molecule has 0 saturated carbocycles. The van der Waals surface area contributed by atoms with Gasteiger partial charge in [0.1, 0.15) is 0 Å². The molecule has 1 aliphatic heterocycles. The molecule has 0 aliphatic carbocycles. The molecule has 1 heterocycles. The second kappa shape index (κ2) is 2.84. The highest BCUT2D eigenvalue weighted by Gasteiger charge is 2.31. The molecule has 0 saturated heterocycles. The first kappa shape index (κ1) is 8.75. The Labute approximate surface area is 85.7 Å². The lowest BCUT2D eigenvalue weighted by atomic mass is 10.0. The first-order valence-electron chi connectivity index (χ1n) is 4.18. The summed E-state index contributed by atoms with van der Waals surface area (Å²) in [6.07, 6.45) is 0. The van der Waals surface area contributed by atoms with Crippen molar-refractivity contribution in [3.63, 3.8) is 0 Å². The third-order valence-electron chi connectivity index (χ3n) is 2.52. The van der Waals surface area contributed by atoms with Gasteiger partial charge in [0.2, 0.25) is 5.91 Å². The minimum absolute atomic E-state index is 0.00750. The van der Waals surface area contributed by atoms with Gasteiger partial charge in [-0.1, -0.05) is 22.0 Å². The van der Waals surface area contributed by atoms with Gasteiger partial charge in [0, 0.05) is 17.2 Å². The van der Waals surface area contributed by atoms with E-state index in [9.17, 15) is 4.79 Å². The summed E-state index contributed by atoms with van der Waals surface area (Å²) >= 11 is 3.39. The normalized spacial score (nSPS) is 20.7. The number of rotatable bonds is 0. The van der Waals surface area contributed by atoms with E-state index in [1.807, 2.05) is 32.2 Å². The molecule has 13 heavy (non-hydrogen) atoms. The monoisotopic (exact) mass is 239 g/mol. The van der Waals surface area contributed by atoms with Gasteiger partial charge in [-0.2, -0.15) is 0 Å². The number of hydrogen-bond donors (Lipinski definition) is 0. The molecule has 0 bridgehead atoms. The Balaban J connectivity index is 2.60. The van der Waals surface area contributed by atoms with Crippen LogP contribution in [0, 0.1) is 0 Å². The molecule has 1 aliphatic rings. The molecule has 1 amide bonds. The molecule has 3 heteroatoms. The fraction of sp³-hybridized carbons (Fsp3) is 0.300. The Hall–Kier alpha value is -0.830. The molecule has 1 aromatic rings. The summed E-state index contributed by atoms with van der Waals surface area (Å²) in [4.78, 5) is 13.3. The molecule has 0 N–H and O–H groups in total. The zero-order chi connectivity index (χ0) is 9.59. The predicted octanol–water partition coefficient (Wildman–Crippen LogP) is 2.53. The minimum atomic E-state index is 0.00750. The van der Waals surface area contributed by atoms with Crippen LogP contribution in [0.1, 0.15) is 18.4 Å². The number of amides is 1. The molecule has 0 spiro atoms. The maximum atomic E-state index is 11.6. The second-order valence-corrected chi connectivity index (χ2v) is 4.24. The van der Waals surface area contributed by atoms with E-state index in [2.05, 4.69) is 15.9 Å². The van der Waals surface area contributed by atoms with Crippen LogP contribution in [-0.2, 0) is 4.79 Å². The molecule has 0 fully saturated rings. The van der Waals surface area contributed by atoms with Gasteiger partial charge in [-0.25, -0.2) is 0 Å². The van der Waals surface area contributed by atoms with Crippen LogP contribution >= 0.6 is 15.9 Å². The first-order valence-corrected chi connectivity index (χ1v) is 4.97. The summed E-state index contributed by atoms with van der Waals surface area (Å²) in [5, 5.41) is 0. The highest BCUT2D eigenvalue weighted by atomic mass is 79.9. The van der Waals surface area contributed by atoms with Crippen LogP contribution in [0.5, 0.6) is 0 Å². The van der Waals surface area contributed by atoms with E-state index in [0.29, 0.717) is 0 Å². The highest BCUT2D eigenvalue weighted by molar-refractivity contribution is 9.10. The Morgan fingerprint density at radius 3 is 2.85 bits per heavy atom. The Morgan fingerprint density at radius 2 is 2.15 bits per heavy atom. The molecule has 1 unspecified atom stereocenters. The smallest absolute Gasteiger partial charge is 0.234 e. The van der Waals surface area contributed by atoms with E-state index in [4.69, 9.17) is 0 Å². The van der Waals surface area contributed by atoms with Crippen LogP contribution in [0.15, 0.2) is 22.7 Å². The molecule has 1 atom stereocenters. The maximum Gasteiger partial charge on any atom is 0.234 e. The zero-order valence-corrected chi connectivity index (χ0v) is 9.13. The van der Waals surface area contributed by atoms with Gasteiger partial charge in [0.25, 0.3) is 0 Å². The standard InChI is InChI=1S/C10H10BrNO/c1-6-8-4-3-7(11)5-9(8)12(2)10(6)13/h3-6H,1-2H3. The van der Waals surface area contributed by atoms with E-state index in [0.717, 1.165) is 15.7 Å². The Morgan fingerprint density at radius 1 is 1.46 bits per heavy atom. The van der Waals surface area contributed by atoms with Crippen molar-refractivity contribution in [1.82, 2.24) is 0 Å². The van der Waals surface area contributed by atoms with Crippen LogP contribution < -0.4 is 4.90 Å². The Kier molecular flexibility index (Phi) is 1.91. The minimum Gasteiger partial charge on any atom is -0.315 e. The summed E-state index contributed by atoms with van der Waals surface area (Å²) in [5.74, 6) is 0.182. The van der Waals surface area contributed by atoms with E-state index in [-0.39, 0.29) is 11.8 Å². The zero-order valence-electron chi connectivity index (χ0n) is 7.54. The third kappa shape index (κ3) is 1.18. The predicted molar refractivity (Wildman–Crippen MR) is 56.0 cm³/mol. The van der Waals surface area contributed by atoms with Crippen LogP contribution in [0.4, 0.5) is 5.69 Å². The highest BCUT2D eigenvalue weighted by Crippen LogP contribution is 2.37. The van der Waals surface area contributed by atoms with Gasteiger partial charge < -0.3 is 4.90 Å².